The zero-order chi connectivity index (χ0) is 20.2. The third-order valence-corrected chi connectivity index (χ3v) is 3.10. The van der Waals surface area contributed by atoms with Crippen molar-refractivity contribution in [3.8, 4) is 0 Å². The highest BCUT2D eigenvalue weighted by molar-refractivity contribution is 5.41. The second kappa shape index (κ2) is 12.6. The number of ether oxygens (including phenoxy) is 3. The van der Waals surface area contributed by atoms with Gasteiger partial charge in [0.25, 0.3) is 0 Å². The van der Waals surface area contributed by atoms with Crippen LogP contribution in [0.2, 0.25) is 0 Å². The van der Waals surface area contributed by atoms with Crippen molar-refractivity contribution in [2.75, 3.05) is 56.0 Å². The Morgan fingerprint density at radius 2 is 1.33 bits per heavy atom. The van der Waals surface area contributed by atoms with Gasteiger partial charge in [0.05, 0.1) is 19.8 Å². The summed E-state index contributed by atoms with van der Waals surface area (Å²) in [7, 11) is 0. The minimum atomic E-state index is 0.129. The number of aromatic nitrogens is 3. The quantitative estimate of drug-likeness (QED) is 0.369. The van der Waals surface area contributed by atoms with Crippen molar-refractivity contribution in [3.63, 3.8) is 0 Å². The number of nitrogen functional groups attached to an aromatic ring is 1. The summed E-state index contributed by atoms with van der Waals surface area (Å²) in [6.45, 7) is 15.4. The van der Waals surface area contributed by atoms with Crippen molar-refractivity contribution in [3.05, 3.63) is 0 Å². The second-order valence-corrected chi connectivity index (χ2v) is 7.73. The Labute approximate surface area is 163 Å². The average molecular weight is 385 g/mol. The van der Waals surface area contributed by atoms with Gasteiger partial charge in [-0.05, 0) is 17.8 Å². The van der Waals surface area contributed by atoms with E-state index in [0.717, 1.165) is 0 Å². The highest BCUT2D eigenvalue weighted by Crippen LogP contribution is 2.13. The molecule has 0 aromatic carbocycles. The molecule has 0 amide bonds. The summed E-state index contributed by atoms with van der Waals surface area (Å²) in [5, 5.41) is 3.01. The van der Waals surface area contributed by atoms with Crippen LogP contribution in [0.15, 0.2) is 0 Å². The van der Waals surface area contributed by atoms with E-state index in [0.29, 0.717) is 69.7 Å². The lowest BCUT2D eigenvalue weighted by atomic mass is 10.2. The third-order valence-electron chi connectivity index (χ3n) is 3.10. The van der Waals surface area contributed by atoms with E-state index in [9.17, 15) is 0 Å². The molecule has 1 heterocycles. The fourth-order valence-corrected chi connectivity index (χ4v) is 1.96. The maximum Gasteiger partial charge on any atom is 0.235 e. The molecule has 1 aromatic heterocycles. The molecule has 0 spiro atoms. The van der Waals surface area contributed by atoms with Gasteiger partial charge < -0.3 is 25.3 Å². The number of nitrogens with zero attached hydrogens (tertiary/aromatic N) is 4. The van der Waals surface area contributed by atoms with Crippen molar-refractivity contribution in [2.24, 2.45) is 17.8 Å². The van der Waals surface area contributed by atoms with Crippen molar-refractivity contribution < 1.29 is 14.2 Å². The summed E-state index contributed by atoms with van der Waals surface area (Å²) in [6.07, 6.45) is 0. The van der Waals surface area contributed by atoms with E-state index in [-0.39, 0.29) is 5.95 Å². The van der Waals surface area contributed by atoms with Crippen LogP contribution in [0.3, 0.4) is 0 Å². The van der Waals surface area contributed by atoms with E-state index >= 15 is 0 Å². The van der Waals surface area contributed by atoms with E-state index in [1.807, 2.05) is 0 Å². The van der Waals surface area contributed by atoms with Crippen LogP contribution in [0.4, 0.5) is 17.8 Å². The van der Waals surface area contributed by atoms with Gasteiger partial charge in [0.1, 0.15) is 20.2 Å². The van der Waals surface area contributed by atoms with Crippen LogP contribution in [0.5, 0.6) is 0 Å². The molecule has 0 aliphatic carbocycles. The molecule has 0 aliphatic rings. The molecule has 1 aromatic rings. The standard InChI is InChI=1S/C18H36N6O3/c1-13(2)7-25-10-20-17-21-16(19)22-18(23-17)24(11-26-8-14(3)4)12-27-9-15(5)6/h13-15H,7-12H2,1-6H3,(H3,19,20,21,22,23). The van der Waals surface area contributed by atoms with Crippen molar-refractivity contribution >= 4 is 17.8 Å². The first kappa shape index (κ1) is 23.3. The first-order chi connectivity index (χ1) is 12.8. The molecule has 0 saturated carbocycles. The molecule has 0 bridgehead atoms. The zero-order valence-corrected chi connectivity index (χ0v) is 17.6. The predicted octanol–water partition coefficient (Wildman–Crippen LogP) is 2.56. The van der Waals surface area contributed by atoms with Crippen molar-refractivity contribution in [1.29, 1.82) is 0 Å². The molecule has 0 unspecified atom stereocenters. The van der Waals surface area contributed by atoms with Crippen LogP contribution < -0.4 is 16.0 Å². The Kier molecular flexibility index (Phi) is 10.9. The summed E-state index contributed by atoms with van der Waals surface area (Å²) in [5.41, 5.74) is 5.85. The molecule has 0 aliphatic heterocycles. The molecular formula is C18H36N6O3. The first-order valence-electron chi connectivity index (χ1n) is 9.51. The van der Waals surface area contributed by atoms with Gasteiger partial charge in [0, 0.05) is 0 Å². The van der Waals surface area contributed by atoms with E-state index in [4.69, 9.17) is 19.9 Å². The number of hydrogen-bond acceptors (Lipinski definition) is 9. The Morgan fingerprint density at radius 3 is 1.85 bits per heavy atom. The lowest BCUT2D eigenvalue weighted by Gasteiger charge is -2.23. The largest absolute Gasteiger partial charge is 0.368 e. The van der Waals surface area contributed by atoms with Crippen molar-refractivity contribution in [2.45, 2.75) is 41.5 Å². The van der Waals surface area contributed by atoms with Gasteiger partial charge in [-0.1, -0.05) is 41.5 Å². The Balaban J connectivity index is 2.75. The van der Waals surface area contributed by atoms with Gasteiger partial charge in [0.2, 0.25) is 17.8 Å². The van der Waals surface area contributed by atoms with Crippen LogP contribution in [0.1, 0.15) is 41.5 Å². The molecule has 27 heavy (non-hydrogen) atoms. The molecule has 1 rings (SSSR count). The van der Waals surface area contributed by atoms with Gasteiger partial charge in [-0.2, -0.15) is 15.0 Å². The van der Waals surface area contributed by atoms with Crippen LogP contribution in [-0.2, 0) is 14.2 Å². The molecule has 9 heteroatoms. The second-order valence-electron chi connectivity index (χ2n) is 7.73. The van der Waals surface area contributed by atoms with Gasteiger partial charge in [-0.25, -0.2) is 0 Å². The zero-order valence-electron chi connectivity index (χ0n) is 17.6. The third kappa shape index (κ3) is 10.9. The molecule has 0 radical (unpaired) electrons. The summed E-state index contributed by atoms with van der Waals surface area (Å²) >= 11 is 0. The molecule has 156 valence electrons. The number of anilines is 3. The normalized spacial score (nSPS) is 11.6. The Morgan fingerprint density at radius 1 is 0.815 bits per heavy atom. The minimum absolute atomic E-state index is 0.129. The summed E-state index contributed by atoms with van der Waals surface area (Å²) in [4.78, 5) is 14.5. The Hall–Kier alpha value is -1.71. The minimum Gasteiger partial charge on any atom is -0.368 e. The summed E-state index contributed by atoms with van der Waals surface area (Å²) in [6, 6.07) is 0. The SMILES string of the molecule is CC(C)COCNc1nc(N)nc(N(COCC(C)C)COCC(C)C)n1. The number of hydrogen-bond donors (Lipinski definition) is 2. The fourth-order valence-electron chi connectivity index (χ4n) is 1.96. The average Bonchev–Trinajstić information content (AvgIpc) is 2.56. The van der Waals surface area contributed by atoms with E-state index in [1.165, 1.54) is 0 Å². The lowest BCUT2D eigenvalue weighted by Crippen LogP contribution is -2.32. The molecule has 0 saturated heterocycles. The van der Waals surface area contributed by atoms with Crippen molar-refractivity contribution in [1.82, 2.24) is 15.0 Å². The molecule has 0 atom stereocenters. The molecular weight excluding hydrogens is 348 g/mol. The number of nitrogens with two attached hydrogens (primary N) is 1. The van der Waals surface area contributed by atoms with Crippen LogP contribution >= 0.6 is 0 Å². The maximum absolute atomic E-state index is 5.85. The van der Waals surface area contributed by atoms with E-state index in [2.05, 4.69) is 61.8 Å². The van der Waals surface area contributed by atoms with Crippen LogP contribution in [-0.4, -0.2) is 55.0 Å². The van der Waals surface area contributed by atoms with Gasteiger partial charge in [-0.3, -0.25) is 4.90 Å². The predicted molar refractivity (Wildman–Crippen MR) is 107 cm³/mol. The maximum atomic E-state index is 5.85. The highest BCUT2D eigenvalue weighted by atomic mass is 16.5. The fraction of sp³-hybridized carbons (Fsp3) is 0.833. The first-order valence-corrected chi connectivity index (χ1v) is 9.51. The van der Waals surface area contributed by atoms with Gasteiger partial charge in [-0.15, -0.1) is 0 Å². The van der Waals surface area contributed by atoms with Crippen LogP contribution in [0, 0.1) is 17.8 Å². The Bertz CT molecular complexity index is 514. The van der Waals surface area contributed by atoms with Gasteiger partial charge >= 0.3 is 0 Å². The smallest absolute Gasteiger partial charge is 0.235 e. The molecule has 3 N–H and O–H groups in total. The summed E-state index contributed by atoms with van der Waals surface area (Å²) < 4.78 is 17.0. The number of nitrogens with one attached hydrogen (secondary N) is 1. The molecule has 0 fully saturated rings. The highest BCUT2D eigenvalue weighted by Gasteiger charge is 2.14. The lowest BCUT2D eigenvalue weighted by molar-refractivity contribution is 0.0636. The monoisotopic (exact) mass is 384 g/mol. The number of rotatable bonds is 14. The van der Waals surface area contributed by atoms with E-state index < -0.39 is 0 Å². The topological polar surface area (TPSA) is 108 Å². The summed E-state index contributed by atoms with van der Waals surface area (Å²) in [5.74, 6) is 2.21. The molecule has 9 nitrogen and oxygen atoms in total. The van der Waals surface area contributed by atoms with E-state index in [1.54, 1.807) is 4.90 Å². The van der Waals surface area contributed by atoms with Gasteiger partial charge in [0.15, 0.2) is 0 Å². The van der Waals surface area contributed by atoms with Crippen LogP contribution in [0.25, 0.3) is 0 Å².